The quantitative estimate of drug-likeness (QED) is 0.615. The van der Waals surface area contributed by atoms with E-state index in [4.69, 9.17) is 0 Å². The van der Waals surface area contributed by atoms with Crippen LogP contribution < -0.4 is 0 Å². The van der Waals surface area contributed by atoms with Crippen LogP contribution in [-0.2, 0) is 0 Å². The fourth-order valence-electron chi connectivity index (χ4n) is 1.29. The highest BCUT2D eigenvalue weighted by Gasteiger charge is 2.07. The molecule has 0 aliphatic carbocycles. The molecule has 1 heterocycles. The Morgan fingerprint density at radius 3 is 2.71 bits per heavy atom. The standard InChI is InChI=1S/C12H14N4Si/c1-17(2,3)8-7-10-5-4-6-11(9-10)12-13-15-16-14-12/h4-6,9H,1-3H3,(H,13,14,15,16). The van der Waals surface area contributed by atoms with Gasteiger partial charge in [0.2, 0.25) is 0 Å². The van der Waals surface area contributed by atoms with Gasteiger partial charge in [0.25, 0.3) is 0 Å². The highest BCUT2D eigenvalue weighted by atomic mass is 28.3. The van der Waals surface area contributed by atoms with Crippen LogP contribution in [0, 0.1) is 11.5 Å². The summed E-state index contributed by atoms with van der Waals surface area (Å²) in [5.41, 5.74) is 5.29. The summed E-state index contributed by atoms with van der Waals surface area (Å²) in [7, 11) is -1.33. The molecule has 2 aromatic rings. The first-order chi connectivity index (χ1) is 8.04. The average molecular weight is 242 g/mol. The van der Waals surface area contributed by atoms with Gasteiger partial charge in [0.1, 0.15) is 8.07 Å². The Balaban J connectivity index is 2.32. The summed E-state index contributed by atoms with van der Waals surface area (Å²) >= 11 is 0. The van der Waals surface area contributed by atoms with Gasteiger partial charge >= 0.3 is 0 Å². The summed E-state index contributed by atoms with van der Waals surface area (Å²) in [5.74, 6) is 3.88. The minimum absolute atomic E-state index is 0.668. The highest BCUT2D eigenvalue weighted by Crippen LogP contribution is 2.14. The molecule has 86 valence electrons. The van der Waals surface area contributed by atoms with Gasteiger partial charge in [0.15, 0.2) is 5.82 Å². The van der Waals surface area contributed by atoms with E-state index in [0.717, 1.165) is 11.1 Å². The zero-order chi connectivity index (χ0) is 12.3. The Labute approximate surface area is 101 Å². The van der Waals surface area contributed by atoms with Gasteiger partial charge in [-0.25, -0.2) is 5.10 Å². The number of aromatic amines is 1. The number of H-pyrrole nitrogens is 1. The van der Waals surface area contributed by atoms with Crippen LogP contribution in [0.25, 0.3) is 11.4 Å². The number of nitrogens with zero attached hydrogens (tertiary/aromatic N) is 3. The summed E-state index contributed by atoms with van der Waals surface area (Å²) in [5, 5.41) is 13.7. The molecular weight excluding hydrogens is 228 g/mol. The number of rotatable bonds is 1. The van der Waals surface area contributed by atoms with E-state index >= 15 is 0 Å². The van der Waals surface area contributed by atoms with Gasteiger partial charge in [0.05, 0.1) is 0 Å². The molecule has 0 radical (unpaired) electrons. The second kappa shape index (κ2) is 4.51. The van der Waals surface area contributed by atoms with Crippen molar-refractivity contribution in [2.45, 2.75) is 19.6 Å². The van der Waals surface area contributed by atoms with E-state index in [-0.39, 0.29) is 0 Å². The third-order valence-corrected chi connectivity index (χ3v) is 2.94. The summed E-state index contributed by atoms with van der Waals surface area (Å²) < 4.78 is 0. The molecule has 5 heteroatoms. The molecule has 0 atom stereocenters. The van der Waals surface area contributed by atoms with Crippen LogP contribution in [0.1, 0.15) is 5.56 Å². The zero-order valence-electron chi connectivity index (χ0n) is 10.2. The third-order valence-electron chi connectivity index (χ3n) is 2.06. The van der Waals surface area contributed by atoms with Crippen molar-refractivity contribution in [3.63, 3.8) is 0 Å². The van der Waals surface area contributed by atoms with Crippen molar-refractivity contribution in [2.75, 3.05) is 0 Å². The van der Waals surface area contributed by atoms with E-state index in [1.165, 1.54) is 0 Å². The van der Waals surface area contributed by atoms with E-state index in [1.54, 1.807) is 0 Å². The minimum atomic E-state index is -1.33. The molecule has 0 amide bonds. The third kappa shape index (κ3) is 3.26. The molecular formula is C12H14N4Si. The lowest BCUT2D eigenvalue weighted by molar-refractivity contribution is 0.881. The zero-order valence-corrected chi connectivity index (χ0v) is 11.2. The minimum Gasteiger partial charge on any atom is -0.239 e. The Hall–Kier alpha value is -1.93. The number of benzene rings is 1. The van der Waals surface area contributed by atoms with Crippen molar-refractivity contribution in [1.82, 2.24) is 20.6 Å². The topological polar surface area (TPSA) is 54.5 Å². The maximum atomic E-state index is 3.88. The van der Waals surface area contributed by atoms with Crippen LogP contribution in [0.2, 0.25) is 19.6 Å². The Morgan fingerprint density at radius 2 is 2.06 bits per heavy atom. The van der Waals surface area contributed by atoms with Crippen LogP contribution in [0.15, 0.2) is 24.3 Å². The van der Waals surface area contributed by atoms with Crippen LogP contribution in [0.5, 0.6) is 0 Å². The average Bonchev–Trinajstić information content (AvgIpc) is 2.79. The number of tetrazole rings is 1. The first-order valence-corrected chi connectivity index (χ1v) is 8.92. The van der Waals surface area contributed by atoms with Crippen molar-refractivity contribution in [3.8, 4) is 22.9 Å². The molecule has 0 spiro atoms. The van der Waals surface area contributed by atoms with Gasteiger partial charge in [-0.3, -0.25) is 0 Å². The fourth-order valence-corrected chi connectivity index (χ4v) is 1.80. The van der Waals surface area contributed by atoms with Gasteiger partial charge in [-0.1, -0.05) is 37.7 Å². The molecule has 1 N–H and O–H groups in total. The largest absolute Gasteiger partial charge is 0.239 e. The summed E-state index contributed by atoms with van der Waals surface area (Å²) in [6.07, 6.45) is 0. The summed E-state index contributed by atoms with van der Waals surface area (Å²) in [4.78, 5) is 0. The summed E-state index contributed by atoms with van der Waals surface area (Å²) in [6, 6.07) is 7.92. The second-order valence-electron chi connectivity index (χ2n) is 4.83. The van der Waals surface area contributed by atoms with Crippen molar-refractivity contribution in [1.29, 1.82) is 0 Å². The van der Waals surface area contributed by atoms with Gasteiger partial charge in [-0.2, -0.15) is 0 Å². The molecule has 0 bridgehead atoms. The second-order valence-corrected chi connectivity index (χ2v) is 9.58. The molecule has 0 unspecified atom stereocenters. The SMILES string of the molecule is C[Si](C)(C)C#Cc1cccc(-c2nnn[nH]2)c1. The molecule has 0 fully saturated rings. The van der Waals surface area contributed by atoms with E-state index < -0.39 is 8.07 Å². The molecule has 0 aliphatic heterocycles. The van der Waals surface area contributed by atoms with Gasteiger partial charge in [0, 0.05) is 11.1 Å². The smallest absolute Gasteiger partial charge is 0.179 e. The lowest BCUT2D eigenvalue weighted by Crippen LogP contribution is -2.16. The molecule has 2 rings (SSSR count). The fraction of sp³-hybridized carbons (Fsp3) is 0.250. The maximum absolute atomic E-state index is 3.88. The highest BCUT2D eigenvalue weighted by molar-refractivity contribution is 6.83. The normalized spacial score (nSPS) is 10.8. The molecule has 17 heavy (non-hydrogen) atoms. The Kier molecular flexibility index (Phi) is 3.07. The van der Waals surface area contributed by atoms with E-state index in [0.29, 0.717) is 5.82 Å². The number of hydrogen-bond acceptors (Lipinski definition) is 3. The van der Waals surface area contributed by atoms with Gasteiger partial charge < -0.3 is 0 Å². The first-order valence-electron chi connectivity index (χ1n) is 5.42. The maximum Gasteiger partial charge on any atom is 0.179 e. The number of hydrogen-bond donors (Lipinski definition) is 1. The van der Waals surface area contributed by atoms with Gasteiger partial charge in [-0.15, -0.1) is 10.6 Å². The Bertz CT molecular complexity index is 558. The van der Waals surface area contributed by atoms with Crippen LogP contribution in [0.4, 0.5) is 0 Å². The van der Waals surface area contributed by atoms with Crippen molar-refractivity contribution < 1.29 is 0 Å². The molecule has 0 aliphatic rings. The predicted molar refractivity (Wildman–Crippen MR) is 69.8 cm³/mol. The molecule has 1 aromatic heterocycles. The monoisotopic (exact) mass is 242 g/mol. The number of aromatic nitrogens is 4. The first kappa shape index (κ1) is 11.5. The molecule has 4 nitrogen and oxygen atoms in total. The lowest BCUT2D eigenvalue weighted by Gasteiger charge is -2.03. The van der Waals surface area contributed by atoms with Crippen LogP contribution in [0.3, 0.4) is 0 Å². The predicted octanol–water partition coefficient (Wildman–Crippen LogP) is 2.10. The molecule has 0 saturated heterocycles. The van der Waals surface area contributed by atoms with Crippen molar-refractivity contribution >= 4 is 8.07 Å². The lowest BCUT2D eigenvalue weighted by atomic mass is 10.1. The van der Waals surface area contributed by atoms with Crippen molar-refractivity contribution in [2.24, 2.45) is 0 Å². The van der Waals surface area contributed by atoms with E-state index in [2.05, 4.69) is 51.7 Å². The van der Waals surface area contributed by atoms with Crippen LogP contribution >= 0.6 is 0 Å². The van der Waals surface area contributed by atoms with Crippen molar-refractivity contribution in [3.05, 3.63) is 29.8 Å². The Morgan fingerprint density at radius 1 is 1.24 bits per heavy atom. The van der Waals surface area contributed by atoms with E-state index in [9.17, 15) is 0 Å². The molecule has 1 aromatic carbocycles. The van der Waals surface area contributed by atoms with Gasteiger partial charge in [-0.05, 0) is 22.6 Å². The summed E-state index contributed by atoms with van der Waals surface area (Å²) in [6.45, 7) is 6.68. The number of nitrogens with one attached hydrogen (secondary N) is 1. The molecule has 0 saturated carbocycles. The van der Waals surface area contributed by atoms with Crippen LogP contribution in [-0.4, -0.2) is 28.7 Å². The van der Waals surface area contributed by atoms with E-state index in [1.807, 2.05) is 24.3 Å².